The fourth-order valence-electron chi connectivity index (χ4n) is 2.78. The van der Waals surface area contributed by atoms with E-state index in [1.165, 1.54) is 54.7 Å². The summed E-state index contributed by atoms with van der Waals surface area (Å²) < 4.78 is 0. The summed E-state index contributed by atoms with van der Waals surface area (Å²) in [7, 11) is -0.194. The number of hydrogen-bond acceptors (Lipinski definition) is 0. The minimum absolute atomic E-state index is 0. The molecule has 0 amide bonds. The smallest absolute Gasteiger partial charge is 1.00 e. The van der Waals surface area contributed by atoms with Crippen LogP contribution in [0.1, 0.15) is 11.1 Å². The largest absolute Gasteiger partial charge is 1.00 e. The molecule has 0 radical (unpaired) electrons. The van der Waals surface area contributed by atoms with Crippen molar-refractivity contribution in [3.63, 3.8) is 0 Å². The molecule has 4 rings (SSSR count). The number of hydrogen-bond donors (Lipinski definition) is 0. The molecule has 0 saturated heterocycles. The van der Waals surface area contributed by atoms with Crippen LogP contribution in [0.25, 0.3) is 22.3 Å². The Bertz CT molecular complexity index is 894. The second-order valence-corrected chi connectivity index (χ2v) is 30.0. The molecule has 0 aliphatic heterocycles. The molecule has 4 heteroatoms. The zero-order valence-corrected chi connectivity index (χ0v) is 25.2. The van der Waals surface area contributed by atoms with Crippen LogP contribution in [0.2, 0.25) is 11.5 Å². The van der Waals surface area contributed by atoms with Gasteiger partial charge in [-0.05, 0) is 13.8 Å². The first-order valence-corrected chi connectivity index (χ1v) is 24.1. The van der Waals surface area contributed by atoms with Gasteiger partial charge in [0.05, 0.1) is 0 Å². The number of benzene rings is 2. The van der Waals surface area contributed by atoms with Gasteiger partial charge in [0, 0.05) is 0 Å². The first-order valence-electron chi connectivity index (χ1n) is 9.55. The Labute approximate surface area is 210 Å². The summed E-state index contributed by atoms with van der Waals surface area (Å²) >= 11 is 1.52. The molecular formula is C26H28Cl2GeHf-2. The van der Waals surface area contributed by atoms with Crippen molar-refractivity contribution in [2.75, 3.05) is 0 Å². The molecule has 4 aromatic carbocycles. The molecule has 156 valence electrons. The Morgan fingerprint density at radius 3 is 1.17 bits per heavy atom. The van der Waals surface area contributed by atoms with Gasteiger partial charge in [-0.1, -0.05) is 46.5 Å². The molecule has 4 aromatic rings. The maximum atomic E-state index is 2.40. The summed E-state index contributed by atoms with van der Waals surface area (Å²) in [4.78, 5) is 0. The van der Waals surface area contributed by atoms with Crippen molar-refractivity contribution in [1.82, 2.24) is 0 Å². The van der Waals surface area contributed by atoms with Crippen molar-refractivity contribution in [3.05, 3.63) is 108 Å². The molecule has 0 heterocycles. The van der Waals surface area contributed by atoms with E-state index in [0.717, 1.165) is 0 Å². The van der Waals surface area contributed by atoms with Gasteiger partial charge in [-0.3, -0.25) is 0 Å². The molecule has 0 fully saturated rings. The number of aryl methyl sites for hydroxylation is 2. The van der Waals surface area contributed by atoms with Crippen LogP contribution in [0, 0.1) is 13.8 Å². The average Bonchev–Trinajstić information content (AvgIpc) is 3.36. The summed E-state index contributed by atoms with van der Waals surface area (Å²) in [6.45, 7) is 4.24. The van der Waals surface area contributed by atoms with Crippen molar-refractivity contribution in [2.24, 2.45) is 0 Å². The fourth-order valence-corrected chi connectivity index (χ4v) is 2.78. The Hall–Kier alpha value is -0.867. The van der Waals surface area contributed by atoms with E-state index < -0.39 is 0 Å². The van der Waals surface area contributed by atoms with Gasteiger partial charge in [-0.2, -0.15) is 24.3 Å². The first-order chi connectivity index (χ1) is 13.5. The van der Waals surface area contributed by atoms with E-state index in [1.54, 1.807) is 0 Å². The third kappa shape index (κ3) is 11.0. The predicted molar refractivity (Wildman–Crippen MR) is 122 cm³/mol. The Morgan fingerprint density at radius 2 is 0.900 bits per heavy atom. The van der Waals surface area contributed by atoms with Crippen LogP contribution in [0.3, 0.4) is 0 Å². The van der Waals surface area contributed by atoms with Gasteiger partial charge in [-0.15, -0.1) is 59.7 Å². The first kappa shape index (κ1) is 29.1. The predicted octanol–water partition coefficient (Wildman–Crippen LogP) is 1.55. The van der Waals surface area contributed by atoms with Crippen LogP contribution in [0.4, 0.5) is 0 Å². The van der Waals surface area contributed by atoms with E-state index in [-0.39, 0.29) is 34.9 Å². The minimum atomic E-state index is -0.194. The van der Waals surface area contributed by atoms with Crippen molar-refractivity contribution in [1.29, 1.82) is 0 Å². The van der Waals surface area contributed by atoms with Crippen LogP contribution in [-0.4, -0.2) is 10.1 Å². The zero-order chi connectivity index (χ0) is 20.4. The molecular weight excluding hydrogens is 634 g/mol. The summed E-state index contributed by atoms with van der Waals surface area (Å²) in [6, 6.07) is 33.9. The molecule has 0 atom stereocenters. The number of rotatable bonds is 2. The summed E-state index contributed by atoms with van der Waals surface area (Å²) in [6.07, 6.45) is 0. The van der Waals surface area contributed by atoms with Crippen LogP contribution >= 0.6 is 0 Å². The van der Waals surface area contributed by atoms with E-state index in [2.05, 4.69) is 122 Å². The molecule has 0 aliphatic carbocycles. The Kier molecular flexibility index (Phi) is 15.4. The van der Waals surface area contributed by atoms with Crippen LogP contribution in [0.15, 0.2) is 97.1 Å². The van der Waals surface area contributed by atoms with Gasteiger partial charge in [0.15, 0.2) is 0 Å². The maximum Gasteiger partial charge on any atom is -1.00 e. The molecule has 0 N–H and O–H groups in total. The molecule has 0 nitrogen and oxygen atoms in total. The molecule has 0 unspecified atom stereocenters. The summed E-state index contributed by atoms with van der Waals surface area (Å²) in [5, 5.41) is 0. The fraction of sp³-hybridized carbons (Fsp3) is 0.154. The van der Waals surface area contributed by atoms with Crippen LogP contribution < -0.4 is 24.8 Å². The maximum absolute atomic E-state index is 2.40. The van der Waals surface area contributed by atoms with Gasteiger partial charge in [-0.25, -0.2) is 0 Å². The quantitative estimate of drug-likeness (QED) is 0.226. The monoisotopic (exact) mass is 664 g/mol. The summed E-state index contributed by atoms with van der Waals surface area (Å²) in [5.74, 6) is 4.79. The third-order valence-corrected chi connectivity index (χ3v) is 4.03. The number of halogens is 2. The molecule has 0 saturated carbocycles. The molecule has 0 aliphatic rings. The molecule has 0 bridgehead atoms. The second-order valence-electron chi connectivity index (χ2n) is 7.09. The van der Waals surface area contributed by atoms with Crippen molar-refractivity contribution >= 4 is 10.1 Å². The standard InChI is InChI=1S/2C12H11.C2H6Ge.2ClH.Hf/c2*1-10-5-4-8-12(9-10)11-6-2-3-7-11;1-3-2;;;/h2*2-9H,1H3;1-2H3;2*1H;/q2*-1;;;;+2/p-2. The van der Waals surface area contributed by atoms with Crippen LogP contribution in [0.5, 0.6) is 0 Å². The van der Waals surface area contributed by atoms with Gasteiger partial charge < -0.3 is 24.8 Å². The van der Waals surface area contributed by atoms with Crippen molar-refractivity contribution < 1.29 is 46.1 Å². The van der Waals surface area contributed by atoms with Crippen molar-refractivity contribution in [2.45, 2.75) is 25.4 Å². The normalized spacial score (nSPS) is 9.00. The summed E-state index contributed by atoms with van der Waals surface area (Å²) in [5.41, 5.74) is 7.85. The van der Waals surface area contributed by atoms with Gasteiger partial charge >= 0.3 is 42.8 Å². The third-order valence-electron chi connectivity index (χ3n) is 4.03. The molecule has 30 heavy (non-hydrogen) atoms. The van der Waals surface area contributed by atoms with Gasteiger partial charge in [0.2, 0.25) is 0 Å². The Balaban J connectivity index is 0.000000452. The zero-order valence-electron chi connectivity index (χ0n) is 18.0. The van der Waals surface area contributed by atoms with Gasteiger partial charge in [0.1, 0.15) is 0 Å². The molecule has 0 aromatic heterocycles. The van der Waals surface area contributed by atoms with E-state index in [4.69, 9.17) is 0 Å². The average molecular weight is 663 g/mol. The minimum Gasteiger partial charge on any atom is -1.00 e. The van der Waals surface area contributed by atoms with E-state index in [1.807, 2.05) is 0 Å². The van der Waals surface area contributed by atoms with Gasteiger partial charge in [0.25, 0.3) is 0 Å². The van der Waals surface area contributed by atoms with Crippen molar-refractivity contribution in [3.8, 4) is 22.3 Å². The van der Waals surface area contributed by atoms with E-state index >= 15 is 0 Å². The SMILES string of the molecule is Cc1cccc(-[c-]2cccc2)c1.Cc1cccc(-[c-]2cccc2)c1.[CH3][Ge]([CH3])=[Hf+2].[Cl-].[Cl-]. The Morgan fingerprint density at radius 1 is 0.600 bits per heavy atom. The topological polar surface area (TPSA) is 0 Å². The second kappa shape index (κ2) is 15.9. The van der Waals surface area contributed by atoms with E-state index in [0.29, 0.717) is 0 Å². The van der Waals surface area contributed by atoms with Crippen LogP contribution in [-0.2, 0) is 21.3 Å². The molecule has 0 spiro atoms. The van der Waals surface area contributed by atoms with E-state index in [9.17, 15) is 0 Å².